The second kappa shape index (κ2) is 7.17. The van der Waals surface area contributed by atoms with E-state index in [0.29, 0.717) is 18.6 Å². The number of aryl methyl sites for hydroxylation is 2. The van der Waals surface area contributed by atoms with Gasteiger partial charge in [-0.2, -0.15) is 0 Å². The third-order valence-corrected chi connectivity index (χ3v) is 6.66. The van der Waals surface area contributed by atoms with E-state index in [9.17, 15) is 17.6 Å². The fraction of sp³-hybridized carbons (Fsp3) is 0.190. The number of pyridine rings is 2. The molecule has 30 heavy (non-hydrogen) atoms. The van der Waals surface area contributed by atoms with E-state index in [4.69, 9.17) is 5.41 Å². The summed E-state index contributed by atoms with van der Waals surface area (Å²) in [6.07, 6.45) is 2.25. The Bertz CT molecular complexity index is 1520. The molecule has 0 amide bonds. The summed E-state index contributed by atoms with van der Waals surface area (Å²) in [5, 5.41) is 8.65. The van der Waals surface area contributed by atoms with Gasteiger partial charge < -0.3 is 4.57 Å². The van der Waals surface area contributed by atoms with Crippen LogP contribution in [0.3, 0.4) is 0 Å². The number of halogens is 1. The van der Waals surface area contributed by atoms with Crippen molar-refractivity contribution in [3.8, 4) is 0 Å². The van der Waals surface area contributed by atoms with Gasteiger partial charge in [0.25, 0.3) is 5.56 Å². The van der Waals surface area contributed by atoms with Crippen molar-refractivity contribution in [3.05, 3.63) is 75.9 Å². The topological polar surface area (TPSA) is 97.3 Å². The van der Waals surface area contributed by atoms with Gasteiger partial charge in [0.15, 0.2) is 0 Å². The molecule has 154 valence electrons. The number of nitrogens with one attached hydrogen (secondary N) is 1. The van der Waals surface area contributed by atoms with Crippen LogP contribution in [0.25, 0.3) is 16.7 Å². The lowest BCUT2D eigenvalue weighted by Crippen LogP contribution is -2.30. The molecule has 0 saturated heterocycles. The summed E-state index contributed by atoms with van der Waals surface area (Å²) in [4.78, 5) is 17.2. The summed E-state index contributed by atoms with van der Waals surface area (Å²) in [5.41, 5.74) is 0.838. The molecule has 0 aliphatic heterocycles. The Labute approximate surface area is 171 Å². The van der Waals surface area contributed by atoms with Gasteiger partial charge in [0, 0.05) is 12.7 Å². The maximum absolute atomic E-state index is 13.3. The number of rotatable bonds is 4. The van der Waals surface area contributed by atoms with Crippen molar-refractivity contribution in [1.29, 1.82) is 5.41 Å². The van der Waals surface area contributed by atoms with Crippen molar-refractivity contribution in [3.63, 3.8) is 0 Å². The number of sulfone groups is 1. The molecular weight excluding hydrogens is 407 g/mol. The molecule has 0 atom stereocenters. The summed E-state index contributed by atoms with van der Waals surface area (Å²) in [6, 6.07) is 9.12. The molecule has 0 unspecified atom stereocenters. The predicted molar refractivity (Wildman–Crippen MR) is 110 cm³/mol. The first-order valence-corrected chi connectivity index (χ1v) is 10.8. The molecule has 7 nitrogen and oxygen atoms in total. The summed E-state index contributed by atoms with van der Waals surface area (Å²) in [5.74, 6) is -0.566. The minimum absolute atomic E-state index is 0.100. The normalized spacial score (nSPS) is 12.0. The fourth-order valence-electron chi connectivity index (χ4n) is 3.40. The number of aromatic nitrogens is 3. The minimum atomic E-state index is -4.15. The van der Waals surface area contributed by atoms with Crippen LogP contribution in [0.2, 0.25) is 0 Å². The highest BCUT2D eigenvalue weighted by Crippen LogP contribution is 2.21. The van der Waals surface area contributed by atoms with Gasteiger partial charge in [0.1, 0.15) is 27.5 Å². The van der Waals surface area contributed by atoms with E-state index in [1.807, 2.05) is 19.9 Å². The maximum Gasteiger partial charge on any atom is 0.267 e. The first-order valence-electron chi connectivity index (χ1n) is 9.36. The van der Waals surface area contributed by atoms with Crippen molar-refractivity contribution in [2.24, 2.45) is 0 Å². The third kappa shape index (κ3) is 3.11. The van der Waals surface area contributed by atoms with Crippen molar-refractivity contribution >= 4 is 26.5 Å². The third-order valence-electron chi connectivity index (χ3n) is 4.88. The second-order valence-electron chi connectivity index (χ2n) is 7.06. The lowest BCUT2D eigenvalue weighted by molar-refractivity contribution is 0.585. The molecule has 0 bridgehead atoms. The van der Waals surface area contributed by atoms with Crippen LogP contribution in [0.5, 0.6) is 0 Å². The van der Waals surface area contributed by atoms with Crippen molar-refractivity contribution in [1.82, 2.24) is 14.0 Å². The summed E-state index contributed by atoms with van der Waals surface area (Å²) in [7, 11) is -4.15. The Morgan fingerprint density at radius 1 is 1.13 bits per heavy atom. The highest BCUT2D eigenvalue weighted by Gasteiger charge is 2.24. The fourth-order valence-corrected chi connectivity index (χ4v) is 4.79. The largest absolute Gasteiger partial charge is 0.310 e. The molecule has 4 rings (SSSR count). The molecule has 3 aromatic heterocycles. The average molecular weight is 426 g/mol. The van der Waals surface area contributed by atoms with Crippen molar-refractivity contribution in [2.75, 3.05) is 0 Å². The predicted octanol–water partition coefficient (Wildman–Crippen LogP) is 2.82. The molecule has 1 aromatic carbocycles. The molecule has 3 heterocycles. The van der Waals surface area contributed by atoms with Crippen LogP contribution in [-0.2, 0) is 16.4 Å². The Hall–Kier alpha value is -3.33. The summed E-state index contributed by atoms with van der Waals surface area (Å²) < 4.78 is 42.5. The zero-order valence-electron chi connectivity index (χ0n) is 16.4. The average Bonchev–Trinajstić information content (AvgIpc) is 2.71. The highest BCUT2D eigenvalue weighted by atomic mass is 32.2. The summed E-state index contributed by atoms with van der Waals surface area (Å²) in [6.45, 7) is 4.04. The van der Waals surface area contributed by atoms with Gasteiger partial charge >= 0.3 is 0 Å². The van der Waals surface area contributed by atoms with Gasteiger partial charge in [-0.15, -0.1) is 0 Å². The minimum Gasteiger partial charge on any atom is -0.310 e. The number of benzene rings is 1. The standard InChI is InChI=1S/C21H19FN4O3S/c1-3-10-25-19(23)17(30(28,29)15-7-5-14(22)6-8-15)11-16-20(25)24-18-9-4-13(2)12-26(18)21(16)27/h4-9,11-12,23H,3,10H2,1-2H3. The zero-order chi connectivity index (χ0) is 21.6. The van der Waals surface area contributed by atoms with Crippen LogP contribution in [0.15, 0.2) is 63.2 Å². The number of fused-ring (bicyclic) bond motifs is 2. The maximum atomic E-state index is 13.3. The Morgan fingerprint density at radius 2 is 1.83 bits per heavy atom. The Kier molecular flexibility index (Phi) is 4.77. The monoisotopic (exact) mass is 426 g/mol. The molecule has 0 radical (unpaired) electrons. The van der Waals surface area contributed by atoms with E-state index in [0.717, 1.165) is 29.8 Å². The Balaban J connectivity index is 2.13. The lowest BCUT2D eigenvalue weighted by Gasteiger charge is -2.14. The summed E-state index contributed by atoms with van der Waals surface area (Å²) >= 11 is 0. The molecular formula is C21H19FN4O3S. The van der Waals surface area contributed by atoms with Crippen molar-refractivity contribution in [2.45, 2.75) is 36.6 Å². The van der Waals surface area contributed by atoms with Gasteiger partial charge in [-0.3, -0.25) is 14.6 Å². The van der Waals surface area contributed by atoms with Gasteiger partial charge in [0.05, 0.1) is 10.3 Å². The van der Waals surface area contributed by atoms with Crippen LogP contribution in [0.1, 0.15) is 18.9 Å². The molecule has 0 aliphatic rings. The highest BCUT2D eigenvalue weighted by molar-refractivity contribution is 7.91. The van der Waals surface area contributed by atoms with Crippen LogP contribution in [0, 0.1) is 18.2 Å². The SMILES string of the molecule is CCCn1c(=N)c(S(=O)(=O)c2ccc(F)cc2)cc2c(=O)n3cc(C)ccc3nc21. The zero-order valence-corrected chi connectivity index (χ0v) is 17.2. The van der Waals surface area contributed by atoms with E-state index in [-0.39, 0.29) is 26.3 Å². The van der Waals surface area contributed by atoms with Gasteiger partial charge in [-0.05, 0) is 55.3 Å². The van der Waals surface area contributed by atoms with Crippen LogP contribution in [0.4, 0.5) is 4.39 Å². The Morgan fingerprint density at radius 3 is 2.50 bits per heavy atom. The lowest BCUT2D eigenvalue weighted by atomic mass is 10.2. The van der Waals surface area contributed by atoms with E-state index < -0.39 is 21.2 Å². The molecule has 4 aromatic rings. The molecule has 0 spiro atoms. The van der Waals surface area contributed by atoms with Gasteiger partial charge in [-0.1, -0.05) is 13.0 Å². The van der Waals surface area contributed by atoms with Gasteiger partial charge in [-0.25, -0.2) is 17.8 Å². The van der Waals surface area contributed by atoms with E-state index in [1.54, 1.807) is 12.3 Å². The smallest absolute Gasteiger partial charge is 0.267 e. The van der Waals surface area contributed by atoms with E-state index in [2.05, 4.69) is 4.98 Å². The number of nitrogens with zero attached hydrogens (tertiary/aromatic N) is 3. The molecule has 9 heteroatoms. The van der Waals surface area contributed by atoms with Crippen LogP contribution in [-0.4, -0.2) is 22.4 Å². The van der Waals surface area contributed by atoms with E-state index in [1.165, 1.54) is 15.0 Å². The molecule has 0 aliphatic carbocycles. The molecule has 0 fully saturated rings. The van der Waals surface area contributed by atoms with Crippen LogP contribution < -0.4 is 11.0 Å². The molecule has 0 saturated carbocycles. The van der Waals surface area contributed by atoms with Crippen LogP contribution >= 0.6 is 0 Å². The first kappa shape index (κ1) is 20.0. The second-order valence-corrected chi connectivity index (χ2v) is 8.97. The number of hydrogen-bond acceptors (Lipinski definition) is 5. The molecule has 1 N–H and O–H groups in total. The van der Waals surface area contributed by atoms with E-state index >= 15 is 0 Å². The van der Waals surface area contributed by atoms with Crippen molar-refractivity contribution < 1.29 is 12.8 Å². The van der Waals surface area contributed by atoms with Gasteiger partial charge in [0.2, 0.25) is 9.84 Å². The quantitative estimate of drug-likeness (QED) is 0.401. The first-order chi connectivity index (χ1) is 14.2. The number of hydrogen-bond donors (Lipinski definition) is 1.